The number of allylic oxidation sites excluding steroid dienone is 4. The van der Waals surface area contributed by atoms with Gasteiger partial charge in [-0.15, -0.1) is 0 Å². The van der Waals surface area contributed by atoms with Crippen LogP contribution in [0.15, 0.2) is 21.5 Å². The first-order valence-electron chi connectivity index (χ1n) is 4.63. The molecule has 0 saturated carbocycles. The summed E-state index contributed by atoms with van der Waals surface area (Å²) in [5, 5.41) is 0. The van der Waals surface area contributed by atoms with Crippen LogP contribution in [0.4, 0.5) is 0 Å². The van der Waals surface area contributed by atoms with Crippen LogP contribution in [0.1, 0.15) is 40.0 Å². The van der Waals surface area contributed by atoms with Crippen molar-refractivity contribution in [1.82, 2.24) is 0 Å². The minimum Gasteiger partial charge on any atom is -0.219 e. The van der Waals surface area contributed by atoms with Crippen molar-refractivity contribution in [1.29, 1.82) is 0 Å². The van der Waals surface area contributed by atoms with Gasteiger partial charge in [0, 0.05) is 9.81 Å². The van der Waals surface area contributed by atoms with Gasteiger partial charge in [-0.25, -0.2) is 8.42 Å². The third kappa shape index (κ3) is 1.85. The molecule has 0 atom stereocenters. The largest absolute Gasteiger partial charge is 0.219 e. The predicted molar refractivity (Wildman–Crippen MR) is 54.9 cm³/mol. The van der Waals surface area contributed by atoms with E-state index in [9.17, 15) is 8.42 Å². The van der Waals surface area contributed by atoms with Gasteiger partial charge in [-0.05, 0) is 38.3 Å². The van der Waals surface area contributed by atoms with Gasteiger partial charge < -0.3 is 0 Å². The molecule has 0 bridgehead atoms. The van der Waals surface area contributed by atoms with Crippen molar-refractivity contribution in [3.8, 4) is 0 Å². The molecule has 0 aliphatic carbocycles. The topological polar surface area (TPSA) is 34.1 Å². The van der Waals surface area contributed by atoms with Gasteiger partial charge in [0.15, 0.2) is 9.84 Å². The minimum atomic E-state index is -3.04. The van der Waals surface area contributed by atoms with Crippen LogP contribution < -0.4 is 0 Å². The van der Waals surface area contributed by atoms with Gasteiger partial charge in [0.2, 0.25) is 0 Å². The molecule has 0 N–H and O–H groups in total. The molecule has 0 saturated heterocycles. The monoisotopic (exact) mass is 200 g/mol. The predicted octanol–water partition coefficient (Wildman–Crippen LogP) is 2.78. The minimum absolute atomic E-state index is 0.496. The molecular weight excluding hydrogens is 184 g/mol. The van der Waals surface area contributed by atoms with E-state index in [0.717, 1.165) is 24.8 Å². The summed E-state index contributed by atoms with van der Waals surface area (Å²) < 4.78 is 23.1. The zero-order valence-electron chi connectivity index (χ0n) is 8.42. The van der Waals surface area contributed by atoms with Gasteiger partial charge in [0.05, 0.1) is 0 Å². The highest BCUT2D eigenvalue weighted by Crippen LogP contribution is 2.31. The van der Waals surface area contributed by atoms with E-state index in [2.05, 4.69) is 6.92 Å². The van der Waals surface area contributed by atoms with Crippen LogP contribution in [0.5, 0.6) is 0 Å². The molecule has 1 aliphatic heterocycles. The fourth-order valence-electron chi connectivity index (χ4n) is 1.45. The zero-order chi connectivity index (χ0) is 10.1. The summed E-state index contributed by atoms with van der Waals surface area (Å²) in [5.74, 6) is 0. The van der Waals surface area contributed by atoms with Crippen LogP contribution in [0.25, 0.3) is 0 Å². The van der Waals surface area contributed by atoms with E-state index < -0.39 is 9.84 Å². The molecule has 1 aliphatic rings. The van der Waals surface area contributed by atoms with E-state index in [4.69, 9.17) is 0 Å². The lowest BCUT2D eigenvalue weighted by Gasteiger charge is -1.99. The molecule has 74 valence electrons. The molecule has 3 heteroatoms. The quantitative estimate of drug-likeness (QED) is 0.702. The van der Waals surface area contributed by atoms with Crippen molar-refractivity contribution < 1.29 is 8.42 Å². The fourth-order valence-corrected chi connectivity index (χ4v) is 2.74. The summed E-state index contributed by atoms with van der Waals surface area (Å²) in [6.07, 6.45) is 4.86. The maximum Gasteiger partial charge on any atom is 0.198 e. The van der Waals surface area contributed by atoms with E-state index in [1.807, 2.05) is 0 Å². The summed E-state index contributed by atoms with van der Waals surface area (Å²) >= 11 is 0. The third-order valence-electron chi connectivity index (χ3n) is 2.46. The summed E-state index contributed by atoms with van der Waals surface area (Å²) in [5.41, 5.74) is 0.999. The lowest BCUT2D eigenvalue weighted by molar-refractivity contribution is 0.608. The molecule has 2 nitrogen and oxygen atoms in total. The SMILES string of the molecule is CCCCC1=C(C)S(=O)(=O)C(C)=C1. The molecular formula is C10H16O2S. The Hall–Kier alpha value is -0.570. The maximum absolute atomic E-state index is 11.5. The highest BCUT2D eigenvalue weighted by molar-refractivity contribution is 7.99. The molecule has 1 rings (SSSR count). The first-order chi connectivity index (χ1) is 6.00. The van der Waals surface area contributed by atoms with Crippen LogP contribution in [-0.4, -0.2) is 8.42 Å². The second-order valence-electron chi connectivity index (χ2n) is 3.44. The molecule has 0 aromatic carbocycles. The van der Waals surface area contributed by atoms with Crippen LogP contribution in [0.2, 0.25) is 0 Å². The van der Waals surface area contributed by atoms with Crippen LogP contribution in [-0.2, 0) is 9.84 Å². The Labute approximate surface area is 80.3 Å². The Morgan fingerprint density at radius 3 is 2.31 bits per heavy atom. The highest BCUT2D eigenvalue weighted by atomic mass is 32.2. The van der Waals surface area contributed by atoms with Crippen LogP contribution in [0, 0.1) is 0 Å². The molecule has 0 spiro atoms. The number of sulfone groups is 1. The average Bonchev–Trinajstić information content (AvgIpc) is 2.26. The van der Waals surface area contributed by atoms with Crippen molar-refractivity contribution in [2.24, 2.45) is 0 Å². The summed E-state index contributed by atoms with van der Waals surface area (Å²) in [6, 6.07) is 0. The number of hydrogen-bond acceptors (Lipinski definition) is 2. The van der Waals surface area contributed by atoms with Crippen LogP contribution in [0.3, 0.4) is 0 Å². The van der Waals surface area contributed by atoms with E-state index in [1.165, 1.54) is 0 Å². The van der Waals surface area contributed by atoms with Gasteiger partial charge in [-0.2, -0.15) is 0 Å². The average molecular weight is 200 g/mol. The van der Waals surface area contributed by atoms with Crippen molar-refractivity contribution >= 4 is 9.84 Å². The Morgan fingerprint density at radius 2 is 1.92 bits per heavy atom. The van der Waals surface area contributed by atoms with Crippen molar-refractivity contribution in [3.05, 3.63) is 21.5 Å². The number of hydrogen-bond donors (Lipinski definition) is 0. The zero-order valence-corrected chi connectivity index (χ0v) is 9.24. The smallest absolute Gasteiger partial charge is 0.198 e. The second kappa shape index (κ2) is 3.66. The first kappa shape index (κ1) is 10.5. The van der Waals surface area contributed by atoms with Gasteiger partial charge in [-0.3, -0.25) is 0 Å². The van der Waals surface area contributed by atoms with E-state index in [0.29, 0.717) is 9.81 Å². The fraction of sp³-hybridized carbons (Fsp3) is 0.600. The third-order valence-corrected chi connectivity index (χ3v) is 4.49. The molecule has 13 heavy (non-hydrogen) atoms. The Bertz CT molecular complexity index is 358. The van der Waals surface area contributed by atoms with Gasteiger partial charge in [-0.1, -0.05) is 13.3 Å². The molecule has 0 amide bonds. The lowest BCUT2D eigenvalue weighted by atomic mass is 10.1. The van der Waals surface area contributed by atoms with Crippen molar-refractivity contribution in [3.63, 3.8) is 0 Å². The van der Waals surface area contributed by atoms with Crippen molar-refractivity contribution in [2.75, 3.05) is 0 Å². The molecule has 1 heterocycles. The van der Waals surface area contributed by atoms with E-state index in [-0.39, 0.29) is 0 Å². The van der Waals surface area contributed by atoms with E-state index >= 15 is 0 Å². The Kier molecular flexibility index (Phi) is 2.96. The summed E-state index contributed by atoms with van der Waals surface area (Å²) in [6.45, 7) is 5.47. The number of rotatable bonds is 3. The molecule has 0 fully saturated rings. The summed E-state index contributed by atoms with van der Waals surface area (Å²) in [7, 11) is -3.04. The number of unbranched alkanes of at least 4 members (excludes halogenated alkanes) is 1. The molecule has 0 aromatic heterocycles. The van der Waals surface area contributed by atoms with Gasteiger partial charge in [0.25, 0.3) is 0 Å². The second-order valence-corrected chi connectivity index (χ2v) is 5.71. The first-order valence-corrected chi connectivity index (χ1v) is 6.11. The maximum atomic E-state index is 11.5. The molecule has 0 aromatic rings. The van der Waals surface area contributed by atoms with Crippen molar-refractivity contribution in [2.45, 2.75) is 40.0 Å². The van der Waals surface area contributed by atoms with Gasteiger partial charge >= 0.3 is 0 Å². The molecule has 0 radical (unpaired) electrons. The molecule has 0 unspecified atom stereocenters. The standard InChI is InChI=1S/C10H16O2S/c1-4-5-6-10-7-8(2)13(11,12)9(10)3/h7H,4-6H2,1-3H3. The lowest BCUT2D eigenvalue weighted by Crippen LogP contribution is -1.98. The normalized spacial score (nSPS) is 20.7. The van der Waals surface area contributed by atoms with Gasteiger partial charge in [0.1, 0.15) is 0 Å². The van der Waals surface area contributed by atoms with E-state index in [1.54, 1.807) is 19.9 Å². The summed E-state index contributed by atoms with van der Waals surface area (Å²) in [4.78, 5) is 1.05. The Morgan fingerprint density at radius 1 is 1.31 bits per heavy atom. The Balaban J connectivity index is 2.93. The highest BCUT2D eigenvalue weighted by Gasteiger charge is 2.25. The van der Waals surface area contributed by atoms with Crippen LogP contribution >= 0.6 is 0 Å².